The van der Waals surface area contributed by atoms with Crippen LogP contribution in [0.1, 0.15) is 5.69 Å². The molecule has 9 nitrogen and oxygen atoms in total. The lowest BCUT2D eigenvalue weighted by atomic mass is 10.3. The molecule has 4 N–H and O–H groups in total. The molecule has 3 aromatic heterocycles. The van der Waals surface area contributed by atoms with Crippen LogP contribution in [0.25, 0.3) is 11.2 Å². The molecule has 0 aliphatic rings. The molecule has 0 spiro atoms. The summed E-state index contributed by atoms with van der Waals surface area (Å²) in [5.74, 6) is -0.265. The summed E-state index contributed by atoms with van der Waals surface area (Å²) in [6.07, 6.45) is 3.04. The van der Waals surface area contributed by atoms with E-state index >= 15 is 0 Å². The minimum Gasteiger partial charge on any atom is -0.369 e. The van der Waals surface area contributed by atoms with Crippen LogP contribution in [0, 0.1) is 0 Å². The first kappa shape index (κ1) is 13.7. The van der Waals surface area contributed by atoms with Crippen molar-refractivity contribution in [3.05, 3.63) is 46.8 Å². The molecule has 1 amide bonds. The number of anilines is 1. The van der Waals surface area contributed by atoms with E-state index in [1.807, 2.05) is 12.1 Å². The van der Waals surface area contributed by atoms with Gasteiger partial charge in [0.2, 0.25) is 11.9 Å². The van der Waals surface area contributed by atoms with E-state index in [0.29, 0.717) is 6.54 Å². The van der Waals surface area contributed by atoms with Crippen molar-refractivity contribution in [2.75, 3.05) is 5.73 Å². The summed E-state index contributed by atoms with van der Waals surface area (Å²) in [5, 5.41) is 2.74. The van der Waals surface area contributed by atoms with Gasteiger partial charge in [-0.1, -0.05) is 6.07 Å². The van der Waals surface area contributed by atoms with Crippen molar-refractivity contribution in [3.63, 3.8) is 0 Å². The highest BCUT2D eigenvalue weighted by Crippen LogP contribution is 2.06. The summed E-state index contributed by atoms with van der Waals surface area (Å²) in [4.78, 5) is 38.0. The topological polar surface area (TPSA) is 132 Å². The average Bonchev–Trinajstić information content (AvgIpc) is 2.89. The van der Waals surface area contributed by atoms with Crippen molar-refractivity contribution in [2.45, 2.75) is 13.1 Å². The highest BCUT2D eigenvalue weighted by atomic mass is 16.2. The molecule has 0 bridgehead atoms. The third-order valence-corrected chi connectivity index (χ3v) is 3.00. The molecule has 0 saturated heterocycles. The van der Waals surface area contributed by atoms with Crippen molar-refractivity contribution in [1.29, 1.82) is 0 Å². The number of fused-ring (bicyclic) bond motifs is 1. The summed E-state index contributed by atoms with van der Waals surface area (Å²) in [5.41, 5.74) is 6.24. The number of nitrogens with one attached hydrogen (secondary N) is 2. The number of pyridine rings is 1. The number of aromatic amines is 1. The Balaban J connectivity index is 1.73. The molecule has 0 aliphatic heterocycles. The number of amides is 1. The van der Waals surface area contributed by atoms with Crippen LogP contribution in [0.4, 0.5) is 5.95 Å². The standard InChI is InChI=1S/C13H13N7O2/c14-13-18-11-10(12(22)19-13)17-7-20(11)6-9(21)16-5-8-3-1-2-4-15-8/h1-4,7H,5-6H2,(H,16,21)(H3,14,18,19,22). The van der Waals surface area contributed by atoms with E-state index in [1.54, 1.807) is 12.3 Å². The molecule has 3 aromatic rings. The Morgan fingerprint density at radius 3 is 3.00 bits per heavy atom. The smallest absolute Gasteiger partial charge is 0.280 e. The SMILES string of the molecule is Nc1nc2c(ncn2CC(=O)NCc2ccccn2)c(=O)[nH]1. The Hall–Kier alpha value is -3.23. The summed E-state index contributed by atoms with van der Waals surface area (Å²) in [6.45, 7) is 0.307. The van der Waals surface area contributed by atoms with Crippen LogP contribution in [-0.4, -0.2) is 30.4 Å². The van der Waals surface area contributed by atoms with Gasteiger partial charge in [0.1, 0.15) is 6.54 Å². The Morgan fingerprint density at radius 2 is 2.23 bits per heavy atom. The van der Waals surface area contributed by atoms with Gasteiger partial charge in [0, 0.05) is 6.20 Å². The average molecular weight is 299 g/mol. The molecule has 0 atom stereocenters. The minimum absolute atomic E-state index is 0.0147. The Labute approximate surface area is 124 Å². The third kappa shape index (κ3) is 2.77. The number of hydrogen-bond donors (Lipinski definition) is 3. The van der Waals surface area contributed by atoms with Crippen molar-refractivity contribution < 1.29 is 4.79 Å². The van der Waals surface area contributed by atoms with Crippen LogP contribution < -0.4 is 16.6 Å². The maximum Gasteiger partial charge on any atom is 0.280 e. The summed E-state index contributed by atoms with van der Waals surface area (Å²) in [7, 11) is 0. The van der Waals surface area contributed by atoms with Gasteiger partial charge in [-0.05, 0) is 12.1 Å². The summed E-state index contributed by atoms with van der Waals surface area (Å²) >= 11 is 0. The molecule has 22 heavy (non-hydrogen) atoms. The predicted molar refractivity (Wildman–Crippen MR) is 78.6 cm³/mol. The number of hydrogen-bond acceptors (Lipinski definition) is 6. The number of nitrogen functional groups attached to an aromatic ring is 1. The van der Waals surface area contributed by atoms with Gasteiger partial charge in [-0.3, -0.25) is 19.6 Å². The van der Waals surface area contributed by atoms with E-state index in [9.17, 15) is 9.59 Å². The van der Waals surface area contributed by atoms with Crippen LogP contribution in [0.15, 0.2) is 35.5 Å². The molecule has 9 heteroatoms. The molecular weight excluding hydrogens is 286 g/mol. The van der Waals surface area contributed by atoms with Crippen LogP contribution in [0.2, 0.25) is 0 Å². The van der Waals surface area contributed by atoms with E-state index in [-0.39, 0.29) is 29.6 Å². The van der Waals surface area contributed by atoms with E-state index < -0.39 is 5.56 Å². The normalized spacial score (nSPS) is 10.7. The number of H-pyrrole nitrogens is 1. The van der Waals surface area contributed by atoms with Gasteiger partial charge in [0.25, 0.3) is 5.56 Å². The van der Waals surface area contributed by atoms with Gasteiger partial charge < -0.3 is 15.6 Å². The van der Waals surface area contributed by atoms with Gasteiger partial charge in [-0.15, -0.1) is 0 Å². The first-order valence-electron chi connectivity index (χ1n) is 6.51. The van der Waals surface area contributed by atoms with Crippen molar-refractivity contribution in [3.8, 4) is 0 Å². The highest BCUT2D eigenvalue weighted by molar-refractivity contribution is 5.78. The zero-order valence-electron chi connectivity index (χ0n) is 11.5. The number of carbonyl (C=O) groups excluding carboxylic acids is 1. The number of nitrogens with zero attached hydrogens (tertiary/aromatic N) is 4. The monoisotopic (exact) mass is 299 g/mol. The minimum atomic E-state index is -0.435. The lowest BCUT2D eigenvalue weighted by molar-refractivity contribution is -0.121. The van der Waals surface area contributed by atoms with E-state index in [1.165, 1.54) is 10.9 Å². The predicted octanol–water partition coefficient (Wildman–Crippen LogP) is -0.587. The molecular formula is C13H13N7O2. The van der Waals surface area contributed by atoms with Crippen LogP contribution in [0.3, 0.4) is 0 Å². The van der Waals surface area contributed by atoms with E-state index in [4.69, 9.17) is 5.73 Å². The highest BCUT2D eigenvalue weighted by Gasteiger charge is 2.11. The largest absolute Gasteiger partial charge is 0.369 e. The number of rotatable bonds is 4. The Morgan fingerprint density at radius 1 is 1.36 bits per heavy atom. The maximum absolute atomic E-state index is 12.0. The molecule has 0 saturated carbocycles. The van der Waals surface area contributed by atoms with Gasteiger partial charge in [-0.2, -0.15) is 4.98 Å². The third-order valence-electron chi connectivity index (χ3n) is 3.00. The molecule has 0 aliphatic carbocycles. The van der Waals surface area contributed by atoms with Crippen molar-refractivity contribution in [2.24, 2.45) is 0 Å². The van der Waals surface area contributed by atoms with Gasteiger partial charge in [-0.25, -0.2) is 4.98 Å². The molecule has 0 unspecified atom stereocenters. The maximum atomic E-state index is 12.0. The van der Waals surface area contributed by atoms with Crippen LogP contribution in [0.5, 0.6) is 0 Å². The number of nitrogens with two attached hydrogens (primary N) is 1. The molecule has 0 fully saturated rings. The fraction of sp³-hybridized carbons (Fsp3) is 0.154. The lowest BCUT2D eigenvalue weighted by Crippen LogP contribution is -2.27. The first-order chi connectivity index (χ1) is 10.6. The second kappa shape index (κ2) is 5.64. The Kier molecular flexibility index (Phi) is 3.52. The quantitative estimate of drug-likeness (QED) is 0.590. The molecule has 0 radical (unpaired) electrons. The molecule has 3 heterocycles. The first-order valence-corrected chi connectivity index (χ1v) is 6.51. The number of carbonyl (C=O) groups is 1. The van der Waals surface area contributed by atoms with E-state index in [2.05, 4.69) is 25.3 Å². The molecule has 3 rings (SSSR count). The second-order valence-corrected chi connectivity index (χ2v) is 4.59. The molecule has 0 aromatic carbocycles. The fourth-order valence-electron chi connectivity index (χ4n) is 1.99. The van der Waals surface area contributed by atoms with Gasteiger partial charge in [0.15, 0.2) is 11.2 Å². The number of imidazole rings is 1. The Bertz CT molecular complexity index is 869. The van der Waals surface area contributed by atoms with Gasteiger partial charge in [0.05, 0.1) is 18.6 Å². The zero-order chi connectivity index (χ0) is 15.5. The summed E-state index contributed by atoms with van der Waals surface area (Å²) in [6, 6.07) is 5.46. The fourth-order valence-corrected chi connectivity index (χ4v) is 1.99. The lowest BCUT2D eigenvalue weighted by Gasteiger charge is -2.06. The second-order valence-electron chi connectivity index (χ2n) is 4.59. The number of aromatic nitrogens is 5. The van der Waals surface area contributed by atoms with Crippen LogP contribution >= 0.6 is 0 Å². The van der Waals surface area contributed by atoms with Crippen molar-refractivity contribution in [1.82, 2.24) is 29.8 Å². The van der Waals surface area contributed by atoms with Crippen LogP contribution in [-0.2, 0) is 17.9 Å². The molecule has 112 valence electrons. The zero-order valence-corrected chi connectivity index (χ0v) is 11.5. The summed E-state index contributed by atoms with van der Waals surface area (Å²) < 4.78 is 1.47. The van der Waals surface area contributed by atoms with Gasteiger partial charge >= 0.3 is 0 Å². The van der Waals surface area contributed by atoms with Crippen molar-refractivity contribution >= 4 is 23.0 Å². The van der Waals surface area contributed by atoms with E-state index in [0.717, 1.165) is 5.69 Å².